The Morgan fingerprint density at radius 3 is 2.53 bits per heavy atom. The molecule has 0 bridgehead atoms. The highest BCUT2D eigenvalue weighted by Gasteiger charge is 2.16. The lowest BCUT2D eigenvalue weighted by atomic mass is 10.2. The molecule has 0 heterocycles. The van der Waals surface area contributed by atoms with Gasteiger partial charge >= 0.3 is 5.69 Å². The molecule has 0 saturated heterocycles. The van der Waals surface area contributed by atoms with Gasteiger partial charge in [0.25, 0.3) is 0 Å². The predicted molar refractivity (Wildman–Crippen MR) is 70.2 cm³/mol. The molecule has 0 aliphatic heterocycles. The lowest BCUT2D eigenvalue weighted by Gasteiger charge is -2.19. The summed E-state index contributed by atoms with van der Waals surface area (Å²) in [5.74, 6) is 0.180. The Hall–Kier alpha value is -1.66. The molecule has 0 aliphatic carbocycles. The third-order valence-electron chi connectivity index (χ3n) is 2.28. The summed E-state index contributed by atoms with van der Waals surface area (Å²) < 4.78 is 10.8. The average Bonchev–Trinajstić information content (AvgIpc) is 2.33. The van der Waals surface area contributed by atoms with Crippen molar-refractivity contribution in [1.29, 1.82) is 0 Å². The first-order valence-electron chi connectivity index (χ1n) is 5.98. The van der Waals surface area contributed by atoms with Crippen LogP contribution in [-0.2, 0) is 11.3 Å². The van der Waals surface area contributed by atoms with Crippen LogP contribution in [0.25, 0.3) is 0 Å². The van der Waals surface area contributed by atoms with Gasteiger partial charge in [-0.2, -0.15) is 0 Å². The molecule has 0 spiro atoms. The summed E-state index contributed by atoms with van der Waals surface area (Å²) in [6.45, 7) is 6.11. The van der Waals surface area contributed by atoms with Gasteiger partial charge in [-0.3, -0.25) is 10.1 Å². The van der Waals surface area contributed by atoms with Gasteiger partial charge in [0.2, 0.25) is 0 Å². The lowest BCUT2D eigenvalue weighted by Crippen LogP contribution is -2.22. The SMILES string of the molecule is CC(C)(C)OCCOc1ccc(CO)cc1[N+](=O)[O-]. The molecular weight excluding hydrogens is 250 g/mol. The minimum absolute atomic E-state index is 0.151. The molecule has 6 heteroatoms. The molecule has 0 atom stereocenters. The van der Waals surface area contributed by atoms with E-state index in [0.717, 1.165) is 0 Å². The number of hydrogen-bond donors (Lipinski definition) is 1. The van der Waals surface area contributed by atoms with Crippen LogP contribution in [0, 0.1) is 10.1 Å². The summed E-state index contributed by atoms with van der Waals surface area (Å²) in [6, 6.07) is 4.38. The van der Waals surface area contributed by atoms with Crippen molar-refractivity contribution in [1.82, 2.24) is 0 Å². The predicted octanol–water partition coefficient (Wildman–Crippen LogP) is 2.28. The van der Waals surface area contributed by atoms with Gasteiger partial charge in [0.15, 0.2) is 5.75 Å². The molecule has 106 valence electrons. The Morgan fingerprint density at radius 1 is 1.32 bits per heavy atom. The van der Waals surface area contributed by atoms with E-state index in [1.807, 2.05) is 20.8 Å². The van der Waals surface area contributed by atoms with Gasteiger partial charge in [-0.15, -0.1) is 0 Å². The van der Waals surface area contributed by atoms with Gasteiger partial charge in [0.05, 0.1) is 23.7 Å². The van der Waals surface area contributed by atoms with Crippen LogP contribution in [0.2, 0.25) is 0 Å². The summed E-state index contributed by atoms with van der Waals surface area (Å²) in [7, 11) is 0. The molecule has 1 N–H and O–H groups in total. The Kier molecular flexibility index (Phi) is 5.26. The zero-order valence-electron chi connectivity index (χ0n) is 11.4. The van der Waals surface area contributed by atoms with Crippen LogP contribution in [0.1, 0.15) is 26.3 Å². The molecule has 0 amide bonds. The van der Waals surface area contributed by atoms with Crippen LogP contribution >= 0.6 is 0 Å². The Balaban J connectivity index is 2.65. The number of rotatable bonds is 6. The quantitative estimate of drug-likeness (QED) is 0.486. The Labute approximate surface area is 112 Å². The van der Waals surface area contributed by atoms with Gasteiger partial charge in [-0.05, 0) is 32.4 Å². The summed E-state index contributed by atoms with van der Waals surface area (Å²) >= 11 is 0. The molecular formula is C13H19NO5. The van der Waals surface area contributed by atoms with E-state index in [4.69, 9.17) is 14.6 Å². The standard InChI is InChI=1S/C13H19NO5/c1-13(2,3)19-7-6-18-12-5-4-10(9-15)8-11(12)14(16)17/h4-5,8,15H,6-7,9H2,1-3H3. The topological polar surface area (TPSA) is 81.8 Å². The maximum Gasteiger partial charge on any atom is 0.311 e. The fourth-order valence-corrected chi connectivity index (χ4v) is 1.43. The van der Waals surface area contributed by atoms with E-state index in [0.29, 0.717) is 12.2 Å². The van der Waals surface area contributed by atoms with Crippen LogP contribution < -0.4 is 4.74 Å². The van der Waals surface area contributed by atoms with Crippen molar-refractivity contribution >= 4 is 5.69 Å². The van der Waals surface area contributed by atoms with Crippen molar-refractivity contribution in [3.05, 3.63) is 33.9 Å². The lowest BCUT2D eigenvalue weighted by molar-refractivity contribution is -0.386. The highest BCUT2D eigenvalue weighted by molar-refractivity contribution is 5.48. The molecule has 19 heavy (non-hydrogen) atoms. The fourth-order valence-electron chi connectivity index (χ4n) is 1.43. The summed E-state index contributed by atoms with van der Waals surface area (Å²) in [4.78, 5) is 10.4. The minimum Gasteiger partial charge on any atom is -0.484 e. The van der Waals surface area contributed by atoms with Crippen molar-refractivity contribution in [2.45, 2.75) is 33.0 Å². The van der Waals surface area contributed by atoms with Crippen molar-refractivity contribution in [3.63, 3.8) is 0 Å². The number of nitro groups is 1. The van der Waals surface area contributed by atoms with E-state index in [-0.39, 0.29) is 30.3 Å². The number of nitrogens with zero attached hydrogens (tertiary/aromatic N) is 1. The number of aliphatic hydroxyl groups excluding tert-OH is 1. The molecule has 6 nitrogen and oxygen atoms in total. The van der Waals surface area contributed by atoms with E-state index in [2.05, 4.69) is 0 Å². The highest BCUT2D eigenvalue weighted by Crippen LogP contribution is 2.28. The number of benzene rings is 1. The average molecular weight is 269 g/mol. The minimum atomic E-state index is -0.529. The molecule has 1 rings (SSSR count). The second kappa shape index (κ2) is 6.49. The van der Waals surface area contributed by atoms with Gasteiger partial charge in [-0.1, -0.05) is 6.07 Å². The molecule has 0 saturated carbocycles. The molecule has 0 aromatic heterocycles. The third kappa shape index (κ3) is 5.23. The van der Waals surface area contributed by atoms with E-state index >= 15 is 0 Å². The number of nitro benzene ring substituents is 1. The van der Waals surface area contributed by atoms with Crippen molar-refractivity contribution in [2.75, 3.05) is 13.2 Å². The van der Waals surface area contributed by atoms with Crippen LogP contribution in [0.15, 0.2) is 18.2 Å². The van der Waals surface area contributed by atoms with Gasteiger partial charge in [0.1, 0.15) is 6.61 Å². The van der Waals surface area contributed by atoms with E-state index in [9.17, 15) is 10.1 Å². The largest absolute Gasteiger partial charge is 0.484 e. The van der Waals surface area contributed by atoms with E-state index < -0.39 is 4.92 Å². The van der Waals surface area contributed by atoms with Gasteiger partial charge < -0.3 is 14.6 Å². The van der Waals surface area contributed by atoms with Crippen LogP contribution in [-0.4, -0.2) is 28.8 Å². The Bertz CT molecular complexity index is 439. The number of ether oxygens (including phenoxy) is 2. The summed E-state index contributed by atoms with van der Waals surface area (Å²) in [5.41, 5.74) is 0.0584. The third-order valence-corrected chi connectivity index (χ3v) is 2.28. The first-order chi connectivity index (χ1) is 8.83. The van der Waals surface area contributed by atoms with Crippen molar-refractivity contribution < 1.29 is 19.5 Å². The normalized spacial score (nSPS) is 11.4. The zero-order chi connectivity index (χ0) is 14.5. The first kappa shape index (κ1) is 15.4. The second-order valence-electron chi connectivity index (χ2n) is 5.03. The van der Waals surface area contributed by atoms with Crippen molar-refractivity contribution in [3.8, 4) is 5.75 Å². The number of aliphatic hydroxyl groups is 1. The van der Waals surface area contributed by atoms with E-state index in [1.54, 1.807) is 6.07 Å². The maximum atomic E-state index is 10.9. The monoisotopic (exact) mass is 269 g/mol. The Morgan fingerprint density at radius 2 is 2.00 bits per heavy atom. The molecule has 0 unspecified atom stereocenters. The molecule has 0 fully saturated rings. The summed E-state index contributed by atoms with van der Waals surface area (Å²) in [5, 5.41) is 19.8. The van der Waals surface area contributed by atoms with Crippen molar-refractivity contribution in [2.24, 2.45) is 0 Å². The van der Waals surface area contributed by atoms with Crippen LogP contribution in [0.5, 0.6) is 5.75 Å². The summed E-state index contributed by atoms with van der Waals surface area (Å²) in [6.07, 6.45) is 0. The van der Waals surface area contributed by atoms with Crippen LogP contribution in [0.3, 0.4) is 0 Å². The maximum absolute atomic E-state index is 10.9. The first-order valence-corrected chi connectivity index (χ1v) is 5.98. The van der Waals surface area contributed by atoms with Gasteiger partial charge in [0, 0.05) is 6.07 Å². The molecule has 1 aromatic carbocycles. The fraction of sp³-hybridized carbons (Fsp3) is 0.538. The molecule has 0 radical (unpaired) electrons. The molecule has 1 aromatic rings. The van der Waals surface area contributed by atoms with E-state index in [1.165, 1.54) is 12.1 Å². The molecule has 0 aliphatic rings. The zero-order valence-corrected chi connectivity index (χ0v) is 11.4. The second-order valence-corrected chi connectivity index (χ2v) is 5.03. The smallest absolute Gasteiger partial charge is 0.311 e. The number of hydrogen-bond acceptors (Lipinski definition) is 5. The van der Waals surface area contributed by atoms with Gasteiger partial charge in [-0.25, -0.2) is 0 Å². The van der Waals surface area contributed by atoms with Crippen LogP contribution in [0.4, 0.5) is 5.69 Å². The highest BCUT2D eigenvalue weighted by atomic mass is 16.6.